The van der Waals surface area contributed by atoms with Crippen molar-refractivity contribution < 1.29 is 23.9 Å². The van der Waals surface area contributed by atoms with Crippen LogP contribution in [0.1, 0.15) is 48.5 Å². The van der Waals surface area contributed by atoms with Gasteiger partial charge in [0.15, 0.2) is 0 Å². The molecule has 0 atom stereocenters. The van der Waals surface area contributed by atoms with Gasteiger partial charge in [-0.05, 0) is 55.0 Å². The van der Waals surface area contributed by atoms with E-state index in [0.717, 1.165) is 18.6 Å². The fourth-order valence-electron chi connectivity index (χ4n) is 3.40. The normalized spacial score (nSPS) is 10.8. The number of halogens is 1. The van der Waals surface area contributed by atoms with Crippen molar-refractivity contribution >= 4 is 29.4 Å². The zero-order valence-electron chi connectivity index (χ0n) is 21.1. The third-order valence-corrected chi connectivity index (χ3v) is 5.60. The van der Waals surface area contributed by atoms with E-state index < -0.39 is 10.8 Å². The molecular weight excluding hydrogens is 510 g/mol. The zero-order chi connectivity index (χ0) is 27.2. The van der Waals surface area contributed by atoms with E-state index in [9.17, 15) is 14.9 Å². The largest absolute Gasteiger partial charge is 0.494 e. The first-order valence-electron chi connectivity index (χ1n) is 12.3. The number of nitrogens with zero attached hydrogens (tertiary/aromatic N) is 2. The van der Waals surface area contributed by atoms with Crippen LogP contribution in [0.15, 0.2) is 71.8 Å². The molecule has 38 heavy (non-hydrogen) atoms. The molecule has 0 saturated heterocycles. The molecular formula is C28H30ClN3O6. The van der Waals surface area contributed by atoms with Crippen LogP contribution in [0.2, 0.25) is 5.02 Å². The van der Waals surface area contributed by atoms with Crippen molar-refractivity contribution in [2.24, 2.45) is 5.10 Å². The molecule has 0 radical (unpaired) electrons. The molecule has 1 amide bonds. The van der Waals surface area contributed by atoms with Gasteiger partial charge in [-0.1, -0.05) is 43.9 Å². The van der Waals surface area contributed by atoms with Gasteiger partial charge in [-0.2, -0.15) is 5.10 Å². The third-order valence-electron chi connectivity index (χ3n) is 5.36. The van der Waals surface area contributed by atoms with Gasteiger partial charge in [0.2, 0.25) is 0 Å². The second kappa shape index (κ2) is 15.2. The van der Waals surface area contributed by atoms with Crippen molar-refractivity contribution in [3.05, 3.63) is 93.0 Å². The third kappa shape index (κ3) is 9.40. The van der Waals surface area contributed by atoms with Crippen molar-refractivity contribution in [1.29, 1.82) is 0 Å². The minimum absolute atomic E-state index is 0.135. The molecule has 3 aromatic rings. The van der Waals surface area contributed by atoms with Crippen LogP contribution in [0, 0.1) is 10.1 Å². The SMILES string of the molecule is CCCCCCOc1ccc(OCCOc2ccc([N+](=O)[O-])cc2/C=N\NC(=O)c2cccc(Cl)c2)cc1. The smallest absolute Gasteiger partial charge is 0.271 e. The number of nitro benzene ring substituents is 1. The molecule has 0 bridgehead atoms. The summed E-state index contributed by atoms with van der Waals surface area (Å²) in [6, 6.07) is 17.9. The lowest BCUT2D eigenvalue weighted by molar-refractivity contribution is -0.384. The highest BCUT2D eigenvalue weighted by molar-refractivity contribution is 6.30. The van der Waals surface area contributed by atoms with Crippen LogP contribution in [0.5, 0.6) is 17.2 Å². The Morgan fingerprint density at radius 2 is 1.66 bits per heavy atom. The van der Waals surface area contributed by atoms with Crippen molar-refractivity contribution in [1.82, 2.24) is 5.43 Å². The van der Waals surface area contributed by atoms with Crippen LogP contribution < -0.4 is 19.6 Å². The van der Waals surface area contributed by atoms with Crippen LogP contribution >= 0.6 is 11.6 Å². The number of nitro groups is 1. The summed E-state index contributed by atoms with van der Waals surface area (Å²) in [5.41, 5.74) is 2.89. The zero-order valence-corrected chi connectivity index (χ0v) is 21.9. The lowest BCUT2D eigenvalue weighted by Crippen LogP contribution is -2.17. The molecule has 3 rings (SSSR count). The molecule has 0 aromatic heterocycles. The Balaban J connectivity index is 1.52. The molecule has 9 nitrogen and oxygen atoms in total. The van der Waals surface area contributed by atoms with Crippen molar-refractivity contribution in [3.63, 3.8) is 0 Å². The van der Waals surface area contributed by atoms with Gasteiger partial charge in [0.05, 0.1) is 17.7 Å². The molecule has 0 heterocycles. The number of nitrogens with one attached hydrogen (secondary N) is 1. The maximum Gasteiger partial charge on any atom is 0.271 e. The van der Waals surface area contributed by atoms with E-state index in [0.29, 0.717) is 34.3 Å². The van der Waals surface area contributed by atoms with Crippen molar-refractivity contribution in [3.8, 4) is 17.2 Å². The highest BCUT2D eigenvalue weighted by atomic mass is 35.5. The molecule has 0 aliphatic carbocycles. The molecule has 0 aliphatic heterocycles. The number of hydrazone groups is 1. The van der Waals surface area contributed by atoms with E-state index in [2.05, 4.69) is 17.5 Å². The topological polar surface area (TPSA) is 112 Å². The number of hydrogen-bond acceptors (Lipinski definition) is 7. The van der Waals surface area contributed by atoms with Crippen LogP contribution in [0.25, 0.3) is 0 Å². The highest BCUT2D eigenvalue weighted by Crippen LogP contribution is 2.23. The summed E-state index contributed by atoms with van der Waals surface area (Å²) in [6.07, 6.45) is 5.89. The second-order valence-corrected chi connectivity index (χ2v) is 8.70. The summed E-state index contributed by atoms with van der Waals surface area (Å²) >= 11 is 5.91. The monoisotopic (exact) mass is 539 g/mol. The Kier molecular flexibility index (Phi) is 11.4. The van der Waals surface area contributed by atoms with Crippen LogP contribution in [-0.2, 0) is 0 Å². The van der Waals surface area contributed by atoms with Gasteiger partial charge in [0.1, 0.15) is 30.5 Å². The summed E-state index contributed by atoms with van der Waals surface area (Å²) in [5.74, 6) is 1.34. The summed E-state index contributed by atoms with van der Waals surface area (Å²) in [6.45, 7) is 3.30. The molecule has 0 saturated carbocycles. The molecule has 200 valence electrons. The van der Waals surface area contributed by atoms with Gasteiger partial charge in [0, 0.05) is 28.3 Å². The minimum atomic E-state index is -0.520. The van der Waals surface area contributed by atoms with E-state index >= 15 is 0 Å². The standard InChI is InChI=1S/C28H30ClN3O6/c1-2-3-4-5-15-36-25-10-12-26(13-11-25)37-16-17-38-27-14-9-24(32(34)35)19-22(27)20-30-31-28(33)21-7-6-8-23(29)18-21/h6-14,18-20H,2-5,15-17H2,1H3,(H,31,33)/b30-20-. The molecule has 0 unspecified atom stereocenters. The Labute approximate surface area is 226 Å². The second-order valence-electron chi connectivity index (χ2n) is 8.27. The maximum atomic E-state index is 12.3. The maximum absolute atomic E-state index is 12.3. The summed E-state index contributed by atoms with van der Waals surface area (Å²) in [4.78, 5) is 22.9. The van der Waals surface area contributed by atoms with Crippen LogP contribution in [-0.4, -0.2) is 36.9 Å². The Morgan fingerprint density at radius 1 is 0.947 bits per heavy atom. The predicted molar refractivity (Wildman–Crippen MR) is 147 cm³/mol. The van der Waals surface area contributed by atoms with Gasteiger partial charge in [-0.15, -0.1) is 0 Å². The van der Waals surface area contributed by atoms with Gasteiger partial charge in [-0.25, -0.2) is 5.43 Å². The van der Waals surface area contributed by atoms with Crippen LogP contribution in [0.3, 0.4) is 0 Å². The van der Waals surface area contributed by atoms with Gasteiger partial charge in [0.25, 0.3) is 11.6 Å². The quantitative estimate of drug-likeness (QED) is 0.103. The number of unbranched alkanes of at least 4 members (excludes halogenated alkanes) is 3. The summed E-state index contributed by atoms with van der Waals surface area (Å²) in [7, 11) is 0. The first kappa shape index (κ1) is 28.5. The number of hydrogen-bond donors (Lipinski definition) is 1. The molecule has 10 heteroatoms. The first-order valence-corrected chi connectivity index (χ1v) is 12.7. The summed E-state index contributed by atoms with van der Waals surface area (Å²) < 4.78 is 17.2. The van der Waals surface area contributed by atoms with E-state index in [1.54, 1.807) is 18.2 Å². The molecule has 3 aromatic carbocycles. The van der Waals surface area contributed by atoms with Crippen molar-refractivity contribution in [2.45, 2.75) is 32.6 Å². The number of rotatable bonds is 15. The number of non-ortho nitro benzene ring substituents is 1. The molecule has 0 fully saturated rings. The van der Waals surface area contributed by atoms with E-state index in [-0.39, 0.29) is 18.9 Å². The van der Waals surface area contributed by atoms with Crippen LogP contribution in [0.4, 0.5) is 5.69 Å². The summed E-state index contributed by atoms with van der Waals surface area (Å²) in [5, 5.41) is 15.5. The molecule has 0 spiro atoms. The Morgan fingerprint density at radius 3 is 2.34 bits per heavy atom. The number of ether oxygens (including phenoxy) is 3. The van der Waals surface area contributed by atoms with E-state index in [1.807, 2.05) is 24.3 Å². The van der Waals surface area contributed by atoms with Gasteiger partial charge in [-0.3, -0.25) is 14.9 Å². The average Bonchev–Trinajstić information content (AvgIpc) is 2.92. The Hall–Kier alpha value is -4.11. The lowest BCUT2D eigenvalue weighted by atomic mass is 10.2. The van der Waals surface area contributed by atoms with Crippen molar-refractivity contribution in [2.75, 3.05) is 19.8 Å². The molecule has 0 aliphatic rings. The van der Waals surface area contributed by atoms with E-state index in [4.69, 9.17) is 25.8 Å². The number of amides is 1. The Bertz CT molecular complexity index is 1230. The van der Waals surface area contributed by atoms with Gasteiger partial charge >= 0.3 is 0 Å². The lowest BCUT2D eigenvalue weighted by Gasteiger charge is -2.11. The number of carbonyl (C=O) groups is 1. The minimum Gasteiger partial charge on any atom is -0.494 e. The number of benzene rings is 3. The van der Waals surface area contributed by atoms with Gasteiger partial charge < -0.3 is 14.2 Å². The fraction of sp³-hybridized carbons (Fsp3) is 0.286. The average molecular weight is 540 g/mol. The predicted octanol–water partition coefficient (Wildman–Crippen LogP) is 6.43. The first-order chi connectivity index (χ1) is 18.5. The van der Waals surface area contributed by atoms with E-state index in [1.165, 1.54) is 43.3 Å². The molecule has 1 N–H and O–H groups in total. The fourth-order valence-corrected chi connectivity index (χ4v) is 3.59. The highest BCUT2D eigenvalue weighted by Gasteiger charge is 2.11. The number of carbonyl (C=O) groups excluding carboxylic acids is 1.